The van der Waals surface area contributed by atoms with Crippen LogP contribution in [0.3, 0.4) is 0 Å². The largest absolute Gasteiger partial charge is 0.393 e. The van der Waals surface area contributed by atoms with Crippen molar-refractivity contribution in [3.63, 3.8) is 0 Å². The first-order chi connectivity index (χ1) is 7.69. The fourth-order valence-electron chi connectivity index (χ4n) is 2.32. The number of nitrogens with one attached hydrogen (secondary N) is 2. The number of rotatable bonds is 3. The van der Waals surface area contributed by atoms with Crippen LogP contribution in [-0.4, -0.2) is 27.2 Å². The van der Waals surface area contributed by atoms with Gasteiger partial charge < -0.3 is 15.4 Å². The number of anilines is 1. The van der Waals surface area contributed by atoms with Crippen molar-refractivity contribution in [3.8, 4) is 0 Å². The second-order valence-electron chi connectivity index (χ2n) is 4.34. The molecule has 3 N–H and O–H groups in total. The van der Waals surface area contributed by atoms with Gasteiger partial charge in [-0.15, -0.1) is 0 Å². The number of aliphatic hydroxyl groups is 1. The lowest BCUT2D eigenvalue weighted by atomic mass is 10.0. The third-order valence-electron chi connectivity index (χ3n) is 3.21. The second-order valence-corrected chi connectivity index (χ2v) is 4.34. The van der Waals surface area contributed by atoms with Crippen LogP contribution in [0.15, 0.2) is 17.2 Å². The van der Waals surface area contributed by atoms with Crippen molar-refractivity contribution in [2.24, 2.45) is 5.92 Å². The maximum atomic E-state index is 11.1. The maximum absolute atomic E-state index is 11.1. The number of aromatic nitrogens is 2. The standard InChI is InChI=1S/C11H17N3O2/c1-2-7-3-8(4-9(7)15)14-10-5-11(16)13-6-12-10/h5-9,15H,2-4H2,1H3,(H2,12,13,14,16)/t7-,8+,9-/m0/s1. The maximum Gasteiger partial charge on any atom is 0.252 e. The molecule has 1 aromatic heterocycles. The van der Waals surface area contributed by atoms with E-state index in [2.05, 4.69) is 22.2 Å². The van der Waals surface area contributed by atoms with Crippen LogP contribution in [0.25, 0.3) is 0 Å². The van der Waals surface area contributed by atoms with E-state index in [4.69, 9.17) is 0 Å². The van der Waals surface area contributed by atoms with Gasteiger partial charge in [-0.3, -0.25) is 4.79 Å². The number of hydrogen-bond acceptors (Lipinski definition) is 4. The number of aliphatic hydroxyl groups excluding tert-OH is 1. The summed E-state index contributed by atoms with van der Waals surface area (Å²) in [7, 11) is 0. The molecule has 3 atom stereocenters. The Labute approximate surface area is 93.9 Å². The molecule has 1 heterocycles. The fourth-order valence-corrected chi connectivity index (χ4v) is 2.32. The lowest BCUT2D eigenvalue weighted by molar-refractivity contribution is 0.130. The molecule has 1 aliphatic carbocycles. The minimum absolute atomic E-state index is 0.164. The van der Waals surface area contributed by atoms with Crippen LogP contribution in [0.5, 0.6) is 0 Å². The number of H-pyrrole nitrogens is 1. The molecular weight excluding hydrogens is 206 g/mol. The molecule has 0 bridgehead atoms. The molecule has 0 aliphatic heterocycles. The molecule has 1 aliphatic rings. The SMILES string of the molecule is CC[C@H]1C[C@@H](Nc2cc(=O)[nH]cn2)C[C@@H]1O. The van der Waals surface area contributed by atoms with Crippen LogP contribution in [0.2, 0.25) is 0 Å². The van der Waals surface area contributed by atoms with Gasteiger partial charge in [-0.2, -0.15) is 0 Å². The van der Waals surface area contributed by atoms with Gasteiger partial charge in [-0.05, 0) is 18.8 Å². The van der Waals surface area contributed by atoms with Crippen LogP contribution in [-0.2, 0) is 0 Å². The zero-order chi connectivity index (χ0) is 11.5. The highest BCUT2D eigenvalue weighted by atomic mass is 16.3. The van der Waals surface area contributed by atoms with E-state index in [0.29, 0.717) is 11.7 Å². The van der Waals surface area contributed by atoms with Crippen LogP contribution >= 0.6 is 0 Å². The molecule has 1 saturated carbocycles. The number of nitrogens with zero attached hydrogens (tertiary/aromatic N) is 1. The molecule has 2 rings (SSSR count). The molecule has 0 saturated heterocycles. The Kier molecular flexibility index (Phi) is 3.24. The first kappa shape index (κ1) is 11.1. The summed E-state index contributed by atoms with van der Waals surface area (Å²) in [5.41, 5.74) is -0.164. The summed E-state index contributed by atoms with van der Waals surface area (Å²) in [6.07, 6.45) is 3.80. The molecule has 0 amide bonds. The van der Waals surface area contributed by atoms with Crippen LogP contribution < -0.4 is 10.9 Å². The van der Waals surface area contributed by atoms with E-state index < -0.39 is 0 Å². The number of aromatic amines is 1. The Morgan fingerprint density at radius 3 is 3.06 bits per heavy atom. The molecular formula is C11H17N3O2. The molecule has 1 aromatic rings. The van der Waals surface area contributed by atoms with Crippen molar-refractivity contribution >= 4 is 5.82 Å². The van der Waals surface area contributed by atoms with Gasteiger partial charge >= 0.3 is 0 Å². The summed E-state index contributed by atoms with van der Waals surface area (Å²) in [5.74, 6) is 0.942. The van der Waals surface area contributed by atoms with Crippen molar-refractivity contribution < 1.29 is 5.11 Å². The van der Waals surface area contributed by atoms with Crippen LogP contribution in [0.1, 0.15) is 26.2 Å². The first-order valence-corrected chi connectivity index (χ1v) is 5.68. The van der Waals surface area contributed by atoms with Gasteiger partial charge in [0.25, 0.3) is 5.56 Å². The highest BCUT2D eigenvalue weighted by molar-refractivity contribution is 5.33. The third kappa shape index (κ3) is 2.41. The Morgan fingerprint density at radius 2 is 2.44 bits per heavy atom. The van der Waals surface area contributed by atoms with Crippen molar-refractivity contribution in [2.75, 3.05) is 5.32 Å². The van der Waals surface area contributed by atoms with Gasteiger partial charge in [0.15, 0.2) is 0 Å². The average Bonchev–Trinajstić information content (AvgIpc) is 2.58. The summed E-state index contributed by atoms with van der Waals surface area (Å²) < 4.78 is 0. The van der Waals surface area contributed by atoms with Crippen LogP contribution in [0.4, 0.5) is 5.82 Å². The summed E-state index contributed by atoms with van der Waals surface area (Å²) in [6.45, 7) is 2.09. The van der Waals surface area contributed by atoms with Crippen molar-refractivity contribution in [1.82, 2.24) is 9.97 Å². The lowest BCUT2D eigenvalue weighted by Crippen LogP contribution is -2.19. The molecule has 88 valence electrons. The molecule has 0 unspecified atom stereocenters. The Balaban J connectivity index is 1.99. The van der Waals surface area contributed by atoms with E-state index in [1.54, 1.807) is 0 Å². The Hall–Kier alpha value is -1.36. The summed E-state index contributed by atoms with van der Waals surface area (Å²) in [4.78, 5) is 17.6. The highest BCUT2D eigenvalue weighted by Gasteiger charge is 2.31. The lowest BCUT2D eigenvalue weighted by Gasteiger charge is -2.12. The van der Waals surface area contributed by atoms with Gasteiger partial charge in [0, 0.05) is 12.1 Å². The highest BCUT2D eigenvalue weighted by Crippen LogP contribution is 2.30. The van der Waals surface area contributed by atoms with Crippen LogP contribution in [0, 0.1) is 5.92 Å². The van der Waals surface area contributed by atoms with Crippen molar-refractivity contribution in [1.29, 1.82) is 0 Å². The quantitative estimate of drug-likeness (QED) is 0.706. The van der Waals surface area contributed by atoms with E-state index in [1.165, 1.54) is 12.4 Å². The van der Waals surface area contributed by atoms with E-state index in [-0.39, 0.29) is 17.7 Å². The molecule has 1 fully saturated rings. The molecule has 0 radical (unpaired) electrons. The van der Waals surface area contributed by atoms with Gasteiger partial charge in [0.2, 0.25) is 0 Å². The summed E-state index contributed by atoms with van der Waals surface area (Å²) >= 11 is 0. The van der Waals surface area contributed by atoms with E-state index in [1.807, 2.05) is 0 Å². The smallest absolute Gasteiger partial charge is 0.252 e. The summed E-state index contributed by atoms with van der Waals surface area (Å²) in [6, 6.07) is 1.65. The van der Waals surface area contributed by atoms with Gasteiger partial charge in [-0.1, -0.05) is 13.3 Å². The minimum atomic E-state index is -0.232. The third-order valence-corrected chi connectivity index (χ3v) is 3.21. The molecule has 0 spiro atoms. The molecule has 0 aromatic carbocycles. The second kappa shape index (κ2) is 4.65. The monoisotopic (exact) mass is 223 g/mol. The zero-order valence-corrected chi connectivity index (χ0v) is 9.31. The van der Waals surface area contributed by atoms with E-state index >= 15 is 0 Å². The normalized spacial score (nSPS) is 29.2. The molecule has 5 heteroatoms. The zero-order valence-electron chi connectivity index (χ0n) is 9.31. The topological polar surface area (TPSA) is 78.0 Å². The molecule has 5 nitrogen and oxygen atoms in total. The first-order valence-electron chi connectivity index (χ1n) is 5.68. The Morgan fingerprint density at radius 1 is 1.62 bits per heavy atom. The number of hydrogen-bond donors (Lipinski definition) is 3. The Bertz CT molecular complexity index is 404. The predicted molar refractivity (Wildman–Crippen MR) is 61.3 cm³/mol. The summed E-state index contributed by atoms with van der Waals surface area (Å²) in [5, 5.41) is 12.9. The minimum Gasteiger partial charge on any atom is -0.393 e. The molecule has 16 heavy (non-hydrogen) atoms. The van der Waals surface area contributed by atoms with Crippen molar-refractivity contribution in [2.45, 2.75) is 38.3 Å². The average molecular weight is 223 g/mol. The van der Waals surface area contributed by atoms with Gasteiger partial charge in [0.1, 0.15) is 5.82 Å². The fraction of sp³-hybridized carbons (Fsp3) is 0.636. The van der Waals surface area contributed by atoms with Crippen molar-refractivity contribution in [3.05, 3.63) is 22.7 Å². The predicted octanol–water partition coefficient (Wildman–Crippen LogP) is 0.731. The van der Waals surface area contributed by atoms with E-state index in [0.717, 1.165) is 19.3 Å². The van der Waals surface area contributed by atoms with Gasteiger partial charge in [0.05, 0.1) is 12.4 Å². The van der Waals surface area contributed by atoms with Gasteiger partial charge in [-0.25, -0.2) is 4.98 Å². The van der Waals surface area contributed by atoms with E-state index in [9.17, 15) is 9.90 Å².